The summed E-state index contributed by atoms with van der Waals surface area (Å²) in [5.74, 6) is -0.0795. The van der Waals surface area contributed by atoms with E-state index in [1.165, 1.54) is 25.3 Å². The summed E-state index contributed by atoms with van der Waals surface area (Å²) in [5.41, 5.74) is 1.40. The molecule has 0 radical (unpaired) electrons. The van der Waals surface area contributed by atoms with Crippen LogP contribution in [-0.2, 0) is 17.8 Å². The molecule has 3 rings (SSSR count). The number of ether oxygens (including phenoxy) is 2. The molecule has 1 aromatic heterocycles. The molecule has 0 saturated carbocycles. The van der Waals surface area contributed by atoms with E-state index in [-0.39, 0.29) is 22.6 Å². The van der Waals surface area contributed by atoms with E-state index >= 15 is 0 Å². The second-order valence-electron chi connectivity index (χ2n) is 6.06. The highest BCUT2D eigenvalue weighted by molar-refractivity contribution is 8.03. The minimum atomic E-state index is -1.12. The first-order valence-corrected chi connectivity index (χ1v) is 9.80. The first kappa shape index (κ1) is 21.4. The zero-order chi connectivity index (χ0) is 21.5. The number of hydrogen-bond donors (Lipinski definition) is 1. The van der Waals surface area contributed by atoms with Crippen molar-refractivity contribution in [1.82, 2.24) is 10.2 Å². The number of halogens is 1. The molecule has 0 bridgehead atoms. The van der Waals surface area contributed by atoms with Crippen molar-refractivity contribution < 1.29 is 28.2 Å². The Bertz CT molecular complexity index is 1050. The summed E-state index contributed by atoms with van der Waals surface area (Å²) < 4.78 is 29.5. The van der Waals surface area contributed by atoms with E-state index in [9.17, 15) is 14.3 Å². The Kier molecular flexibility index (Phi) is 7.08. The summed E-state index contributed by atoms with van der Waals surface area (Å²) >= 11 is 0.873. The summed E-state index contributed by atoms with van der Waals surface area (Å²) in [7, 11) is 1.49. The number of carbonyl (C=O) groups is 1. The minimum Gasteiger partial charge on any atom is -0.493 e. The third kappa shape index (κ3) is 5.60. The van der Waals surface area contributed by atoms with Gasteiger partial charge in [-0.2, -0.15) is 0 Å². The lowest BCUT2D eigenvalue weighted by Gasteiger charge is -2.11. The number of methoxy groups -OCH3 is 1. The molecule has 0 unspecified atom stereocenters. The van der Waals surface area contributed by atoms with Gasteiger partial charge in [0.1, 0.15) is 17.3 Å². The largest absolute Gasteiger partial charge is 0.493 e. The standard InChI is InChI=1S/C21H19FN2O5S/c1-3-19-23-24-21(29-19)30-18(20(25)26)11-14-6-9-16(17(10-14)27-2)28-12-13-4-7-15(22)8-5-13/h4-11H,3,12H2,1-2H3,(H,25,26)/b18-11-. The number of benzene rings is 2. The SMILES string of the molecule is CCc1nnc(S/C(=C\c2ccc(OCc3ccc(F)cc3)c(OC)c2)C(=O)O)o1. The van der Waals surface area contributed by atoms with E-state index in [0.717, 1.165) is 17.3 Å². The predicted molar refractivity (Wildman–Crippen MR) is 109 cm³/mol. The first-order valence-electron chi connectivity index (χ1n) is 8.99. The molecule has 7 nitrogen and oxygen atoms in total. The topological polar surface area (TPSA) is 94.7 Å². The molecule has 2 aromatic carbocycles. The average Bonchev–Trinajstić information content (AvgIpc) is 3.21. The fourth-order valence-electron chi connectivity index (χ4n) is 2.44. The van der Waals surface area contributed by atoms with Crippen molar-refractivity contribution in [2.75, 3.05) is 7.11 Å². The number of aryl methyl sites for hydroxylation is 1. The minimum absolute atomic E-state index is 0.0170. The van der Waals surface area contributed by atoms with Crippen LogP contribution in [0.15, 0.2) is 57.0 Å². The van der Waals surface area contributed by atoms with Crippen LogP contribution in [-0.4, -0.2) is 28.4 Å². The second-order valence-corrected chi connectivity index (χ2v) is 7.05. The zero-order valence-electron chi connectivity index (χ0n) is 16.3. The summed E-state index contributed by atoms with van der Waals surface area (Å²) in [6.07, 6.45) is 2.05. The highest BCUT2D eigenvalue weighted by atomic mass is 32.2. The van der Waals surface area contributed by atoms with E-state index < -0.39 is 5.97 Å². The van der Waals surface area contributed by atoms with E-state index in [2.05, 4.69) is 10.2 Å². The van der Waals surface area contributed by atoms with Crippen molar-refractivity contribution >= 4 is 23.8 Å². The van der Waals surface area contributed by atoms with E-state index in [0.29, 0.717) is 29.4 Å². The second kappa shape index (κ2) is 9.93. The third-order valence-corrected chi connectivity index (χ3v) is 4.80. The van der Waals surface area contributed by atoms with Crippen LogP contribution in [0, 0.1) is 5.82 Å². The zero-order valence-corrected chi connectivity index (χ0v) is 17.1. The fraction of sp³-hybridized carbons (Fsp3) is 0.190. The van der Waals surface area contributed by atoms with E-state index in [1.807, 2.05) is 6.92 Å². The first-order chi connectivity index (χ1) is 14.5. The number of aromatic nitrogens is 2. The number of hydrogen-bond acceptors (Lipinski definition) is 7. The molecule has 0 aliphatic carbocycles. The molecule has 0 aliphatic rings. The van der Waals surface area contributed by atoms with Gasteiger partial charge in [0.2, 0.25) is 5.89 Å². The highest BCUT2D eigenvalue weighted by Gasteiger charge is 2.15. The molecular weight excluding hydrogens is 411 g/mol. The van der Waals surface area contributed by atoms with Crippen molar-refractivity contribution in [3.63, 3.8) is 0 Å². The van der Waals surface area contributed by atoms with Crippen LogP contribution in [0.25, 0.3) is 6.08 Å². The molecule has 9 heteroatoms. The van der Waals surface area contributed by atoms with Gasteiger partial charge in [0.05, 0.1) is 7.11 Å². The van der Waals surface area contributed by atoms with Gasteiger partial charge in [-0.1, -0.05) is 25.1 Å². The molecule has 1 heterocycles. The van der Waals surface area contributed by atoms with Gasteiger partial charge >= 0.3 is 5.97 Å². The maximum Gasteiger partial charge on any atom is 0.342 e. The average molecular weight is 430 g/mol. The van der Waals surface area contributed by atoms with Crippen molar-refractivity contribution in [2.45, 2.75) is 25.2 Å². The number of rotatable bonds is 9. The van der Waals surface area contributed by atoms with Crippen LogP contribution >= 0.6 is 11.8 Å². The van der Waals surface area contributed by atoms with Gasteiger partial charge in [0.15, 0.2) is 11.5 Å². The van der Waals surface area contributed by atoms with Gasteiger partial charge < -0.3 is 19.0 Å². The fourth-order valence-corrected chi connectivity index (χ4v) is 3.13. The van der Waals surface area contributed by atoms with E-state index in [4.69, 9.17) is 13.9 Å². The molecule has 0 saturated heterocycles. The number of aliphatic carboxylic acids is 1. The number of carboxylic acids is 1. The summed E-state index contributed by atoms with van der Waals surface area (Å²) in [4.78, 5) is 11.6. The lowest BCUT2D eigenvalue weighted by Crippen LogP contribution is -1.99. The lowest BCUT2D eigenvalue weighted by molar-refractivity contribution is -0.131. The highest BCUT2D eigenvalue weighted by Crippen LogP contribution is 2.32. The molecule has 0 fully saturated rings. The number of nitrogens with zero attached hydrogens (tertiary/aromatic N) is 2. The molecule has 0 amide bonds. The normalized spacial score (nSPS) is 11.4. The van der Waals surface area contributed by atoms with E-state index in [1.54, 1.807) is 30.3 Å². The van der Waals surface area contributed by atoms with Gasteiger partial charge in [-0.25, -0.2) is 9.18 Å². The summed E-state index contributed by atoms with van der Waals surface area (Å²) in [6.45, 7) is 2.10. The summed E-state index contributed by atoms with van der Waals surface area (Å²) in [6, 6.07) is 11.0. The van der Waals surface area contributed by atoms with Crippen LogP contribution in [0.2, 0.25) is 0 Å². The molecule has 156 valence electrons. The number of thioether (sulfide) groups is 1. The maximum atomic E-state index is 13.0. The van der Waals surface area contributed by atoms with Gasteiger partial charge in [0.25, 0.3) is 5.22 Å². The Balaban J connectivity index is 1.77. The molecular formula is C21H19FN2O5S. The molecule has 0 spiro atoms. The van der Waals surface area contributed by atoms with Crippen molar-refractivity contribution in [2.24, 2.45) is 0 Å². The Labute approximate surface area is 176 Å². The van der Waals surface area contributed by atoms with Crippen molar-refractivity contribution in [3.05, 3.63) is 70.2 Å². The monoisotopic (exact) mass is 430 g/mol. The third-order valence-electron chi connectivity index (χ3n) is 3.95. The Morgan fingerprint density at radius 1 is 1.20 bits per heavy atom. The smallest absolute Gasteiger partial charge is 0.342 e. The van der Waals surface area contributed by atoms with Crippen LogP contribution < -0.4 is 9.47 Å². The predicted octanol–water partition coefficient (Wildman–Crippen LogP) is 4.58. The van der Waals surface area contributed by atoms with Crippen LogP contribution in [0.3, 0.4) is 0 Å². The Morgan fingerprint density at radius 2 is 1.97 bits per heavy atom. The summed E-state index contributed by atoms with van der Waals surface area (Å²) in [5, 5.41) is 17.3. The molecule has 1 N–H and O–H groups in total. The lowest BCUT2D eigenvalue weighted by atomic mass is 10.2. The Morgan fingerprint density at radius 3 is 2.60 bits per heavy atom. The maximum absolute atomic E-state index is 13.0. The van der Waals surface area contributed by atoms with Gasteiger partial charge in [-0.15, -0.1) is 10.2 Å². The van der Waals surface area contributed by atoms with Crippen molar-refractivity contribution in [3.8, 4) is 11.5 Å². The van der Waals surface area contributed by atoms with Crippen molar-refractivity contribution in [1.29, 1.82) is 0 Å². The van der Waals surface area contributed by atoms with Crippen LogP contribution in [0.1, 0.15) is 23.9 Å². The molecule has 3 aromatic rings. The van der Waals surface area contributed by atoms with Gasteiger partial charge in [-0.3, -0.25) is 0 Å². The Hall–Kier alpha value is -3.33. The molecule has 0 atom stereocenters. The number of carboxylic acid groups (broad SMARTS) is 1. The van der Waals surface area contributed by atoms with Gasteiger partial charge in [0, 0.05) is 6.42 Å². The van der Waals surface area contributed by atoms with Crippen LogP contribution in [0.5, 0.6) is 11.5 Å². The molecule has 0 aliphatic heterocycles. The molecule has 30 heavy (non-hydrogen) atoms. The van der Waals surface area contributed by atoms with Crippen LogP contribution in [0.4, 0.5) is 4.39 Å². The van der Waals surface area contributed by atoms with Gasteiger partial charge in [-0.05, 0) is 53.2 Å². The quantitative estimate of drug-likeness (QED) is 0.389.